The summed E-state index contributed by atoms with van der Waals surface area (Å²) in [4.78, 5) is 0. The van der Waals surface area contributed by atoms with Crippen LogP contribution in [0, 0.1) is 11.8 Å². The van der Waals surface area contributed by atoms with Crippen LogP contribution in [0.3, 0.4) is 0 Å². The molecule has 0 bridgehead atoms. The first-order valence-electron chi connectivity index (χ1n) is 7.07. The second-order valence-corrected chi connectivity index (χ2v) is 7.95. The SMILES string of the molecule is CN(C(C1CC1)C1CC1)S(=O)(=O)Cc1ccccc1. The summed E-state index contributed by atoms with van der Waals surface area (Å²) in [6.45, 7) is 0. The summed E-state index contributed by atoms with van der Waals surface area (Å²) in [6, 6.07) is 9.72. The zero-order chi connectivity index (χ0) is 13.5. The minimum absolute atomic E-state index is 0.125. The van der Waals surface area contributed by atoms with Crippen LogP contribution >= 0.6 is 0 Å². The largest absolute Gasteiger partial charge is 0.218 e. The molecule has 0 aromatic heterocycles. The van der Waals surface area contributed by atoms with E-state index in [4.69, 9.17) is 0 Å². The predicted molar refractivity (Wildman–Crippen MR) is 76.1 cm³/mol. The van der Waals surface area contributed by atoms with Crippen LogP contribution in [0.25, 0.3) is 0 Å². The first kappa shape index (κ1) is 13.1. The maximum Gasteiger partial charge on any atom is 0.218 e. The van der Waals surface area contributed by atoms with Gasteiger partial charge in [-0.2, -0.15) is 0 Å². The molecule has 0 aliphatic heterocycles. The molecule has 0 N–H and O–H groups in total. The van der Waals surface area contributed by atoms with Crippen LogP contribution in [0.4, 0.5) is 0 Å². The standard InChI is InChI=1S/C15H21NO2S/c1-16(15(13-7-8-13)14-9-10-14)19(17,18)11-12-5-3-2-4-6-12/h2-6,13-15H,7-11H2,1H3. The van der Waals surface area contributed by atoms with Gasteiger partial charge in [-0.05, 0) is 43.1 Å². The van der Waals surface area contributed by atoms with Crippen molar-refractivity contribution in [2.45, 2.75) is 37.5 Å². The molecule has 0 spiro atoms. The van der Waals surface area contributed by atoms with Crippen LogP contribution < -0.4 is 0 Å². The second kappa shape index (κ2) is 4.91. The van der Waals surface area contributed by atoms with E-state index in [1.165, 1.54) is 25.7 Å². The number of hydrogen-bond donors (Lipinski definition) is 0. The Hall–Kier alpha value is -0.870. The van der Waals surface area contributed by atoms with E-state index in [9.17, 15) is 8.42 Å². The lowest BCUT2D eigenvalue weighted by atomic mass is 10.1. The molecular weight excluding hydrogens is 258 g/mol. The Kier molecular flexibility index (Phi) is 3.39. The molecule has 0 atom stereocenters. The van der Waals surface area contributed by atoms with Gasteiger partial charge in [0.15, 0.2) is 0 Å². The zero-order valence-electron chi connectivity index (χ0n) is 11.3. The molecule has 2 aliphatic rings. The summed E-state index contributed by atoms with van der Waals surface area (Å²) in [6.07, 6.45) is 4.80. The van der Waals surface area contributed by atoms with E-state index in [2.05, 4.69) is 0 Å². The topological polar surface area (TPSA) is 37.4 Å². The Labute approximate surface area is 115 Å². The molecule has 3 nitrogen and oxygen atoms in total. The Morgan fingerprint density at radius 1 is 1.11 bits per heavy atom. The first-order valence-corrected chi connectivity index (χ1v) is 8.68. The van der Waals surface area contributed by atoms with Gasteiger partial charge in [0.1, 0.15) is 0 Å². The lowest BCUT2D eigenvalue weighted by Gasteiger charge is -2.27. The minimum atomic E-state index is -3.19. The molecule has 4 heteroatoms. The average Bonchev–Trinajstić information content (AvgIpc) is 3.24. The van der Waals surface area contributed by atoms with Gasteiger partial charge in [-0.25, -0.2) is 12.7 Å². The highest BCUT2D eigenvalue weighted by Crippen LogP contribution is 2.47. The maximum atomic E-state index is 12.5. The van der Waals surface area contributed by atoms with E-state index in [1.807, 2.05) is 30.3 Å². The molecule has 2 fully saturated rings. The van der Waals surface area contributed by atoms with Gasteiger partial charge in [-0.3, -0.25) is 0 Å². The van der Waals surface area contributed by atoms with Gasteiger partial charge >= 0.3 is 0 Å². The van der Waals surface area contributed by atoms with Gasteiger partial charge in [0.05, 0.1) is 5.75 Å². The normalized spacial score (nSPS) is 20.2. The number of rotatable bonds is 6. The Morgan fingerprint density at radius 2 is 1.63 bits per heavy atom. The summed E-state index contributed by atoms with van der Waals surface area (Å²) >= 11 is 0. The second-order valence-electron chi connectivity index (χ2n) is 5.92. The van der Waals surface area contributed by atoms with Crippen LogP contribution in [-0.2, 0) is 15.8 Å². The fourth-order valence-corrected chi connectivity index (χ4v) is 4.46. The first-order chi connectivity index (χ1) is 9.08. The summed E-state index contributed by atoms with van der Waals surface area (Å²) in [7, 11) is -1.41. The molecule has 19 heavy (non-hydrogen) atoms. The number of benzene rings is 1. The zero-order valence-corrected chi connectivity index (χ0v) is 12.1. The third-order valence-corrected chi connectivity index (χ3v) is 6.08. The van der Waals surface area contributed by atoms with Crippen molar-refractivity contribution in [2.75, 3.05) is 7.05 Å². The van der Waals surface area contributed by atoms with Gasteiger partial charge in [0.25, 0.3) is 0 Å². The lowest BCUT2D eigenvalue weighted by Crippen LogP contribution is -2.40. The van der Waals surface area contributed by atoms with Crippen molar-refractivity contribution in [3.05, 3.63) is 35.9 Å². The van der Waals surface area contributed by atoms with E-state index in [-0.39, 0.29) is 11.8 Å². The van der Waals surface area contributed by atoms with Crippen LogP contribution in [0.2, 0.25) is 0 Å². The summed E-state index contributed by atoms with van der Waals surface area (Å²) in [5.74, 6) is 1.35. The molecule has 1 aromatic rings. The Balaban J connectivity index is 1.75. The van der Waals surface area contributed by atoms with E-state index in [0.717, 1.165) is 5.56 Å². The van der Waals surface area contributed by atoms with E-state index >= 15 is 0 Å². The van der Waals surface area contributed by atoms with E-state index in [1.54, 1.807) is 11.4 Å². The highest BCUT2D eigenvalue weighted by atomic mass is 32.2. The molecule has 0 amide bonds. The highest BCUT2D eigenvalue weighted by Gasteiger charge is 2.46. The van der Waals surface area contributed by atoms with Gasteiger partial charge in [-0.1, -0.05) is 30.3 Å². The lowest BCUT2D eigenvalue weighted by molar-refractivity contribution is 0.301. The third kappa shape index (κ3) is 3.00. The molecule has 0 radical (unpaired) electrons. The van der Waals surface area contributed by atoms with Gasteiger partial charge in [0.2, 0.25) is 10.0 Å². The van der Waals surface area contributed by atoms with Crippen molar-refractivity contribution in [1.29, 1.82) is 0 Å². The molecule has 104 valence electrons. The van der Waals surface area contributed by atoms with Gasteiger partial charge in [0, 0.05) is 13.1 Å². The molecule has 2 aliphatic carbocycles. The molecule has 1 aromatic carbocycles. The fraction of sp³-hybridized carbons (Fsp3) is 0.600. The fourth-order valence-electron chi connectivity index (χ4n) is 2.93. The Bertz CT molecular complexity index is 521. The van der Waals surface area contributed by atoms with Crippen LogP contribution in [-0.4, -0.2) is 25.8 Å². The third-order valence-electron chi connectivity index (χ3n) is 4.26. The highest BCUT2D eigenvalue weighted by molar-refractivity contribution is 7.88. The number of sulfonamides is 1. The van der Waals surface area contributed by atoms with Gasteiger partial charge in [-0.15, -0.1) is 0 Å². The van der Waals surface area contributed by atoms with Crippen LogP contribution in [0.5, 0.6) is 0 Å². The smallest absolute Gasteiger partial charge is 0.212 e. The Morgan fingerprint density at radius 3 is 2.11 bits per heavy atom. The summed E-state index contributed by atoms with van der Waals surface area (Å²) in [5.41, 5.74) is 0.875. The molecule has 0 saturated heterocycles. The molecule has 2 saturated carbocycles. The molecular formula is C15H21NO2S. The average molecular weight is 279 g/mol. The minimum Gasteiger partial charge on any atom is -0.212 e. The van der Waals surface area contributed by atoms with Crippen molar-refractivity contribution < 1.29 is 8.42 Å². The van der Waals surface area contributed by atoms with E-state index in [0.29, 0.717) is 11.8 Å². The van der Waals surface area contributed by atoms with Crippen molar-refractivity contribution in [3.63, 3.8) is 0 Å². The number of hydrogen-bond acceptors (Lipinski definition) is 2. The molecule has 3 rings (SSSR count). The summed E-state index contributed by atoms with van der Waals surface area (Å²) < 4.78 is 26.7. The quantitative estimate of drug-likeness (QED) is 0.803. The van der Waals surface area contributed by atoms with Crippen molar-refractivity contribution in [2.24, 2.45) is 11.8 Å². The predicted octanol–water partition coefficient (Wildman–Crippen LogP) is 2.64. The van der Waals surface area contributed by atoms with Crippen LogP contribution in [0.1, 0.15) is 31.2 Å². The summed E-state index contributed by atoms with van der Waals surface area (Å²) in [5, 5.41) is 0. The van der Waals surface area contributed by atoms with Crippen molar-refractivity contribution in [1.82, 2.24) is 4.31 Å². The monoisotopic (exact) mass is 279 g/mol. The van der Waals surface area contributed by atoms with Gasteiger partial charge < -0.3 is 0 Å². The molecule has 0 unspecified atom stereocenters. The van der Waals surface area contributed by atoms with Crippen molar-refractivity contribution >= 4 is 10.0 Å². The molecule has 0 heterocycles. The van der Waals surface area contributed by atoms with E-state index < -0.39 is 10.0 Å². The van der Waals surface area contributed by atoms with Crippen molar-refractivity contribution in [3.8, 4) is 0 Å². The number of nitrogens with zero attached hydrogens (tertiary/aromatic N) is 1. The van der Waals surface area contributed by atoms with Crippen LogP contribution in [0.15, 0.2) is 30.3 Å². The maximum absolute atomic E-state index is 12.5.